The number of benzene rings is 1. The standard InChI is InChI=1S/C15H15ClN2O2S/c1-10-14(11-2-4-12(16)5-3-11)17-13(21-10)6-7-18-8-9-20-15(18)19/h2-5H,6-9H2,1H3. The lowest BCUT2D eigenvalue weighted by Gasteiger charge is -2.10. The van der Waals surface area contributed by atoms with Crippen molar-refractivity contribution in [3.63, 3.8) is 0 Å². The highest BCUT2D eigenvalue weighted by Crippen LogP contribution is 2.28. The Bertz CT molecular complexity index is 654. The molecule has 21 heavy (non-hydrogen) atoms. The Morgan fingerprint density at radius 3 is 2.81 bits per heavy atom. The summed E-state index contributed by atoms with van der Waals surface area (Å²) in [5.41, 5.74) is 2.07. The van der Waals surface area contributed by atoms with Crippen molar-refractivity contribution in [3.05, 3.63) is 39.2 Å². The Balaban J connectivity index is 1.72. The third kappa shape index (κ3) is 3.19. The van der Waals surface area contributed by atoms with Gasteiger partial charge in [0, 0.05) is 28.4 Å². The molecule has 2 heterocycles. The zero-order valence-corrected chi connectivity index (χ0v) is 13.2. The maximum Gasteiger partial charge on any atom is 0.409 e. The van der Waals surface area contributed by atoms with Gasteiger partial charge in [-0.05, 0) is 19.1 Å². The van der Waals surface area contributed by atoms with Crippen molar-refractivity contribution in [2.45, 2.75) is 13.3 Å². The summed E-state index contributed by atoms with van der Waals surface area (Å²) in [5.74, 6) is 0. The first kappa shape index (κ1) is 14.4. The molecule has 1 aromatic heterocycles. The number of hydrogen-bond acceptors (Lipinski definition) is 4. The summed E-state index contributed by atoms with van der Waals surface area (Å²) in [7, 11) is 0. The van der Waals surface area contributed by atoms with E-state index in [-0.39, 0.29) is 6.09 Å². The summed E-state index contributed by atoms with van der Waals surface area (Å²) >= 11 is 7.59. The number of ether oxygens (including phenoxy) is 1. The number of hydrogen-bond donors (Lipinski definition) is 0. The summed E-state index contributed by atoms with van der Waals surface area (Å²) in [6, 6.07) is 7.70. The normalized spacial score (nSPS) is 14.6. The number of carbonyl (C=O) groups is 1. The lowest BCUT2D eigenvalue weighted by molar-refractivity contribution is 0.159. The van der Waals surface area contributed by atoms with E-state index in [9.17, 15) is 4.79 Å². The van der Waals surface area contributed by atoms with E-state index in [4.69, 9.17) is 21.3 Å². The summed E-state index contributed by atoms with van der Waals surface area (Å²) in [4.78, 5) is 19.0. The molecule has 0 saturated carbocycles. The maximum absolute atomic E-state index is 11.4. The van der Waals surface area contributed by atoms with E-state index in [1.54, 1.807) is 16.2 Å². The topological polar surface area (TPSA) is 42.4 Å². The first-order chi connectivity index (χ1) is 10.1. The molecule has 1 fully saturated rings. The highest BCUT2D eigenvalue weighted by Gasteiger charge is 2.21. The number of nitrogens with zero attached hydrogens (tertiary/aromatic N) is 2. The second kappa shape index (κ2) is 6.03. The Hall–Kier alpha value is -1.59. The molecule has 1 saturated heterocycles. The van der Waals surface area contributed by atoms with Crippen molar-refractivity contribution in [2.24, 2.45) is 0 Å². The third-order valence-corrected chi connectivity index (χ3v) is 4.68. The highest BCUT2D eigenvalue weighted by molar-refractivity contribution is 7.12. The molecule has 1 aliphatic rings. The Labute approximate surface area is 132 Å². The van der Waals surface area contributed by atoms with Crippen LogP contribution in [0.4, 0.5) is 4.79 Å². The predicted octanol–water partition coefficient (Wildman–Crippen LogP) is 3.77. The van der Waals surface area contributed by atoms with Gasteiger partial charge in [0.15, 0.2) is 0 Å². The van der Waals surface area contributed by atoms with Crippen molar-refractivity contribution in [3.8, 4) is 11.3 Å². The minimum atomic E-state index is -0.221. The molecule has 0 bridgehead atoms. The fourth-order valence-corrected chi connectivity index (χ4v) is 3.36. The largest absolute Gasteiger partial charge is 0.448 e. The van der Waals surface area contributed by atoms with E-state index in [1.165, 1.54) is 4.88 Å². The molecule has 1 aromatic carbocycles. The van der Waals surface area contributed by atoms with Gasteiger partial charge in [0.25, 0.3) is 0 Å². The Kier molecular flexibility index (Phi) is 4.12. The lowest BCUT2D eigenvalue weighted by Crippen LogP contribution is -2.26. The SMILES string of the molecule is Cc1sc(CCN2CCOC2=O)nc1-c1ccc(Cl)cc1. The minimum absolute atomic E-state index is 0.221. The fraction of sp³-hybridized carbons (Fsp3) is 0.333. The third-order valence-electron chi connectivity index (χ3n) is 3.40. The number of aromatic nitrogens is 1. The second-order valence-electron chi connectivity index (χ2n) is 4.87. The van der Waals surface area contributed by atoms with Gasteiger partial charge in [-0.15, -0.1) is 11.3 Å². The molecule has 110 valence electrons. The van der Waals surface area contributed by atoms with Crippen molar-refractivity contribution >= 4 is 29.0 Å². The molecule has 2 aromatic rings. The number of cyclic esters (lactones) is 1. The van der Waals surface area contributed by atoms with E-state index in [0.29, 0.717) is 19.7 Å². The molecule has 0 radical (unpaired) electrons. The molecular weight excluding hydrogens is 308 g/mol. The van der Waals surface area contributed by atoms with Crippen LogP contribution in [0.15, 0.2) is 24.3 Å². The van der Waals surface area contributed by atoms with Gasteiger partial charge in [0.05, 0.1) is 17.2 Å². The lowest BCUT2D eigenvalue weighted by atomic mass is 10.1. The van der Waals surface area contributed by atoms with Crippen molar-refractivity contribution in [1.29, 1.82) is 0 Å². The predicted molar refractivity (Wildman–Crippen MR) is 83.9 cm³/mol. The van der Waals surface area contributed by atoms with Gasteiger partial charge in [0.2, 0.25) is 0 Å². The maximum atomic E-state index is 11.4. The van der Waals surface area contributed by atoms with Gasteiger partial charge in [0.1, 0.15) is 6.61 Å². The van der Waals surface area contributed by atoms with Gasteiger partial charge in [-0.1, -0.05) is 23.7 Å². The van der Waals surface area contributed by atoms with Crippen LogP contribution in [0.5, 0.6) is 0 Å². The van der Waals surface area contributed by atoms with Gasteiger partial charge in [-0.2, -0.15) is 0 Å². The Morgan fingerprint density at radius 2 is 2.14 bits per heavy atom. The van der Waals surface area contributed by atoms with Crippen LogP contribution >= 0.6 is 22.9 Å². The summed E-state index contributed by atoms with van der Waals surface area (Å²) in [6.45, 7) is 3.89. The number of amides is 1. The van der Waals surface area contributed by atoms with Crippen LogP contribution in [-0.4, -0.2) is 35.7 Å². The molecule has 1 aliphatic heterocycles. The molecule has 0 N–H and O–H groups in total. The molecule has 0 atom stereocenters. The van der Waals surface area contributed by atoms with Crippen LogP contribution in [0, 0.1) is 6.92 Å². The van der Waals surface area contributed by atoms with E-state index in [2.05, 4.69) is 6.92 Å². The molecule has 0 spiro atoms. The van der Waals surface area contributed by atoms with E-state index in [0.717, 1.165) is 27.7 Å². The molecule has 0 unspecified atom stereocenters. The van der Waals surface area contributed by atoms with Gasteiger partial charge >= 0.3 is 6.09 Å². The number of aryl methyl sites for hydroxylation is 1. The van der Waals surface area contributed by atoms with E-state index < -0.39 is 0 Å². The minimum Gasteiger partial charge on any atom is -0.448 e. The molecular formula is C15H15ClN2O2S. The second-order valence-corrected chi connectivity index (χ2v) is 6.59. The molecule has 4 nitrogen and oxygen atoms in total. The van der Waals surface area contributed by atoms with Crippen molar-refractivity contribution in [1.82, 2.24) is 9.88 Å². The van der Waals surface area contributed by atoms with Crippen LogP contribution in [0.2, 0.25) is 5.02 Å². The number of rotatable bonds is 4. The first-order valence-electron chi connectivity index (χ1n) is 6.77. The number of carbonyl (C=O) groups excluding carboxylic acids is 1. The molecule has 3 rings (SSSR count). The van der Waals surface area contributed by atoms with Crippen molar-refractivity contribution < 1.29 is 9.53 Å². The Morgan fingerprint density at radius 1 is 1.38 bits per heavy atom. The van der Waals surface area contributed by atoms with Crippen LogP contribution in [0.25, 0.3) is 11.3 Å². The zero-order valence-electron chi connectivity index (χ0n) is 11.6. The van der Waals surface area contributed by atoms with E-state index >= 15 is 0 Å². The zero-order chi connectivity index (χ0) is 14.8. The average molecular weight is 323 g/mol. The highest BCUT2D eigenvalue weighted by atomic mass is 35.5. The molecule has 6 heteroatoms. The van der Waals surface area contributed by atoms with Crippen LogP contribution in [0.3, 0.4) is 0 Å². The van der Waals surface area contributed by atoms with Crippen LogP contribution < -0.4 is 0 Å². The van der Waals surface area contributed by atoms with Gasteiger partial charge in [-0.3, -0.25) is 0 Å². The average Bonchev–Trinajstić information content (AvgIpc) is 3.04. The smallest absolute Gasteiger partial charge is 0.409 e. The quantitative estimate of drug-likeness (QED) is 0.860. The number of thiazole rings is 1. The van der Waals surface area contributed by atoms with Crippen LogP contribution in [0.1, 0.15) is 9.88 Å². The summed E-state index contributed by atoms with van der Waals surface area (Å²) in [6.07, 6.45) is 0.537. The number of halogens is 1. The molecule has 0 aliphatic carbocycles. The summed E-state index contributed by atoms with van der Waals surface area (Å²) < 4.78 is 4.92. The monoisotopic (exact) mass is 322 g/mol. The first-order valence-corrected chi connectivity index (χ1v) is 7.97. The van der Waals surface area contributed by atoms with Gasteiger partial charge < -0.3 is 9.64 Å². The van der Waals surface area contributed by atoms with Crippen molar-refractivity contribution in [2.75, 3.05) is 19.7 Å². The summed E-state index contributed by atoms with van der Waals surface area (Å²) in [5, 5.41) is 1.76. The fourth-order valence-electron chi connectivity index (χ4n) is 2.29. The van der Waals surface area contributed by atoms with E-state index in [1.807, 2.05) is 24.3 Å². The molecule has 1 amide bonds. The van der Waals surface area contributed by atoms with Gasteiger partial charge in [-0.25, -0.2) is 9.78 Å². The van der Waals surface area contributed by atoms with Crippen LogP contribution in [-0.2, 0) is 11.2 Å².